The molecule has 0 atom stereocenters. The van der Waals surface area contributed by atoms with E-state index in [-0.39, 0.29) is 17.5 Å². The Morgan fingerprint density at radius 1 is 1.03 bits per heavy atom. The SMILES string of the molecule is O=C(/C=C/CNCCOc1ccc(Oc2c(-c3ccc(F)cc3)sc3cc(O)ccc23)cc1)N1CCCC1. The van der Waals surface area contributed by atoms with Crippen LogP contribution in [-0.4, -0.2) is 48.7 Å². The van der Waals surface area contributed by atoms with Crippen molar-refractivity contribution in [3.05, 3.63) is 84.7 Å². The minimum Gasteiger partial charge on any atom is -0.508 e. The van der Waals surface area contributed by atoms with E-state index in [2.05, 4.69) is 5.32 Å². The third-order valence-electron chi connectivity index (χ3n) is 6.27. The number of likely N-dealkylation sites (tertiary alicyclic amines) is 1. The molecule has 38 heavy (non-hydrogen) atoms. The zero-order valence-corrected chi connectivity index (χ0v) is 21.7. The third kappa shape index (κ3) is 6.33. The van der Waals surface area contributed by atoms with E-state index in [9.17, 15) is 14.3 Å². The number of aromatic hydroxyl groups is 1. The molecule has 3 aromatic carbocycles. The quantitative estimate of drug-likeness (QED) is 0.184. The van der Waals surface area contributed by atoms with E-state index in [4.69, 9.17) is 9.47 Å². The van der Waals surface area contributed by atoms with E-state index >= 15 is 0 Å². The van der Waals surface area contributed by atoms with E-state index in [1.54, 1.807) is 30.3 Å². The summed E-state index contributed by atoms with van der Waals surface area (Å²) < 4.78 is 26.5. The molecule has 2 heterocycles. The van der Waals surface area contributed by atoms with Gasteiger partial charge in [-0.2, -0.15) is 0 Å². The molecule has 196 valence electrons. The van der Waals surface area contributed by atoms with E-state index in [1.807, 2.05) is 41.3 Å². The number of carbonyl (C=O) groups is 1. The number of hydrogen-bond acceptors (Lipinski definition) is 6. The Balaban J connectivity index is 1.16. The Kier molecular flexibility index (Phi) is 8.21. The molecule has 0 bridgehead atoms. The van der Waals surface area contributed by atoms with Gasteiger partial charge < -0.3 is 24.8 Å². The normalized spacial score (nSPS) is 13.4. The molecule has 6 nitrogen and oxygen atoms in total. The van der Waals surface area contributed by atoms with Gasteiger partial charge in [-0.3, -0.25) is 4.79 Å². The van der Waals surface area contributed by atoms with Gasteiger partial charge in [0.2, 0.25) is 5.91 Å². The summed E-state index contributed by atoms with van der Waals surface area (Å²) in [6, 6.07) is 18.8. The van der Waals surface area contributed by atoms with Crippen molar-refractivity contribution in [1.82, 2.24) is 10.2 Å². The summed E-state index contributed by atoms with van der Waals surface area (Å²) in [5.74, 6) is 1.98. The Morgan fingerprint density at radius 2 is 1.76 bits per heavy atom. The molecular formula is C30H29FN2O4S. The number of carbonyl (C=O) groups excluding carboxylic acids is 1. The highest BCUT2D eigenvalue weighted by Gasteiger charge is 2.17. The maximum Gasteiger partial charge on any atom is 0.246 e. The molecule has 0 aliphatic carbocycles. The molecule has 0 radical (unpaired) electrons. The number of halogens is 1. The number of nitrogens with zero attached hydrogens (tertiary/aromatic N) is 1. The Bertz CT molecular complexity index is 1410. The first-order valence-corrected chi connectivity index (χ1v) is 13.5. The largest absolute Gasteiger partial charge is 0.508 e. The zero-order valence-electron chi connectivity index (χ0n) is 20.9. The number of rotatable bonds is 10. The summed E-state index contributed by atoms with van der Waals surface area (Å²) >= 11 is 1.48. The Morgan fingerprint density at radius 3 is 2.53 bits per heavy atom. The highest BCUT2D eigenvalue weighted by Crippen LogP contribution is 2.47. The number of phenols is 1. The van der Waals surface area contributed by atoms with E-state index in [1.165, 1.54) is 23.5 Å². The van der Waals surface area contributed by atoms with E-state index in [0.29, 0.717) is 31.2 Å². The average molecular weight is 533 g/mol. The Hall–Kier alpha value is -3.88. The van der Waals surface area contributed by atoms with Crippen LogP contribution in [0.2, 0.25) is 0 Å². The minimum atomic E-state index is -0.301. The van der Waals surface area contributed by atoms with Crippen LogP contribution in [-0.2, 0) is 4.79 Å². The van der Waals surface area contributed by atoms with Gasteiger partial charge in [0.1, 0.15) is 29.7 Å². The van der Waals surface area contributed by atoms with Gasteiger partial charge >= 0.3 is 0 Å². The number of ether oxygens (including phenoxy) is 2. The standard InChI is InChI=1S/C30H29FN2O4S/c31-22-7-5-21(6-8-22)30-29(26-14-9-23(34)20-27(26)38-30)37-25-12-10-24(11-13-25)36-19-16-32-15-3-4-28(35)33-17-1-2-18-33/h3-14,20,32,34H,1-2,15-19H2/b4-3+. The lowest BCUT2D eigenvalue weighted by Crippen LogP contribution is -2.26. The Labute approximate surface area is 224 Å². The minimum absolute atomic E-state index is 0.0845. The third-order valence-corrected chi connectivity index (χ3v) is 7.45. The van der Waals surface area contributed by atoms with Gasteiger partial charge in [0.15, 0.2) is 5.75 Å². The highest BCUT2D eigenvalue weighted by molar-refractivity contribution is 7.22. The first-order valence-electron chi connectivity index (χ1n) is 12.7. The summed E-state index contributed by atoms with van der Waals surface area (Å²) in [5, 5.41) is 14.0. The summed E-state index contributed by atoms with van der Waals surface area (Å²) in [6.07, 6.45) is 5.67. The van der Waals surface area contributed by atoms with Crippen molar-refractivity contribution in [2.24, 2.45) is 0 Å². The van der Waals surface area contributed by atoms with Crippen LogP contribution in [0.5, 0.6) is 23.0 Å². The fourth-order valence-corrected chi connectivity index (χ4v) is 5.47. The van der Waals surface area contributed by atoms with Crippen LogP contribution in [0.1, 0.15) is 12.8 Å². The van der Waals surface area contributed by atoms with Gasteiger partial charge in [-0.25, -0.2) is 4.39 Å². The molecule has 8 heteroatoms. The van der Waals surface area contributed by atoms with E-state index < -0.39 is 0 Å². The van der Waals surface area contributed by atoms with Gasteiger partial charge in [0, 0.05) is 42.3 Å². The van der Waals surface area contributed by atoms with Crippen LogP contribution in [0.4, 0.5) is 4.39 Å². The molecule has 0 spiro atoms. The number of hydrogen-bond donors (Lipinski definition) is 2. The maximum atomic E-state index is 13.5. The number of nitrogens with one attached hydrogen (secondary N) is 1. The molecule has 5 rings (SSSR count). The smallest absolute Gasteiger partial charge is 0.246 e. The highest BCUT2D eigenvalue weighted by atomic mass is 32.1. The number of phenolic OH excluding ortho intramolecular Hbond substituents is 1. The van der Waals surface area contributed by atoms with Crippen LogP contribution in [0.3, 0.4) is 0 Å². The number of amides is 1. The van der Waals surface area contributed by atoms with Crippen LogP contribution in [0.25, 0.3) is 20.5 Å². The van der Waals surface area contributed by atoms with E-state index in [0.717, 1.165) is 52.2 Å². The van der Waals surface area contributed by atoms with Gasteiger partial charge in [0.05, 0.1) is 4.88 Å². The number of benzene rings is 3. The molecular weight excluding hydrogens is 503 g/mol. The second kappa shape index (κ2) is 12.1. The van der Waals surface area contributed by atoms with Crippen molar-refractivity contribution in [3.8, 4) is 33.4 Å². The van der Waals surface area contributed by atoms with Crippen molar-refractivity contribution < 1.29 is 23.8 Å². The fourth-order valence-electron chi connectivity index (χ4n) is 4.31. The lowest BCUT2D eigenvalue weighted by atomic mass is 10.1. The number of fused-ring (bicyclic) bond motifs is 1. The van der Waals surface area contributed by atoms with Gasteiger partial charge in [-0.15, -0.1) is 11.3 Å². The van der Waals surface area contributed by atoms with Crippen molar-refractivity contribution in [2.75, 3.05) is 32.8 Å². The fraction of sp³-hybridized carbons (Fsp3) is 0.233. The van der Waals surface area contributed by atoms with Gasteiger partial charge in [0.25, 0.3) is 0 Å². The summed E-state index contributed by atoms with van der Waals surface area (Å²) in [6.45, 7) is 3.46. The monoisotopic (exact) mass is 532 g/mol. The molecule has 1 fully saturated rings. The van der Waals surface area contributed by atoms with Crippen LogP contribution < -0.4 is 14.8 Å². The molecule has 1 amide bonds. The molecule has 4 aromatic rings. The molecule has 1 aliphatic rings. The first-order chi connectivity index (χ1) is 18.6. The second-order valence-corrected chi connectivity index (χ2v) is 10.1. The van der Waals surface area contributed by atoms with Crippen molar-refractivity contribution in [2.45, 2.75) is 12.8 Å². The maximum absolute atomic E-state index is 13.5. The predicted octanol–water partition coefficient (Wildman–Crippen LogP) is 6.35. The average Bonchev–Trinajstić information content (AvgIpc) is 3.58. The number of thiophene rings is 1. The molecule has 2 N–H and O–H groups in total. The summed E-state index contributed by atoms with van der Waals surface area (Å²) in [7, 11) is 0. The van der Waals surface area contributed by atoms with Crippen LogP contribution in [0, 0.1) is 5.82 Å². The van der Waals surface area contributed by atoms with Gasteiger partial charge in [-0.05, 0) is 73.0 Å². The second-order valence-electron chi connectivity index (χ2n) is 9.01. The lowest BCUT2D eigenvalue weighted by Gasteiger charge is -2.11. The van der Waals surface area contributed by atoms with Gasteiger partial charge in [-0.1, -0.05) is 18.2 Å². The van der Waals surface area contributed by atoms with Crippen molar-refractivity contribution in [1.29, 1.82) is 0 Å². The van der Waals surface area contributed by atoms with Crippen LogP contribution >= 0.6 is 11.3 Å². The van der Waals surface area contributed by atoms with Crippen molar-refractivity contribution >= 4 is 27.3 Å². The molecule has 1 saturated heterocycles. The predicted molar refractivity (Wildman–Crippen MR) is 149 cm³/mol. The molecule has 0 saturated carbocycles. The molecule has 0 unspecified atom stereocenters. The van der Waals surface area contributed by atoms with Crippen molar-refractivity contribution in [3.63, 3.8) is 0 Å². The van der Waals surface area contributed by atoms with Crippen LogP contribution in [0.15, 0.2) is 78.9 Å². The topological polar surface area (TPSA) is 71.0 Å². The summed E-state index contributed by atoms with van der Waals surface area (Å²) in [5.41, 5.74) is 0.838. The lowest BCUT2D eigenvalue weighted by molar-refractivity contribution is -0.125. The molecule has 1 aliphatic heterocycles. The summed E-state index contributed by atoms with van der Waals surface area (Å²) in [4.78, 5) is 14.7. The zero-order chi connectivity index (χ0) is 26.3. The first kappa shape index (κ1) is 25.8. The molecule has 1 aromatic heterocycles.